The van der Waals surface area contributed by atoms with Crippen LogP contribution in [-0.2, 0) is 14.5 Å². The number of aliphatic hydroxyl groups excluding tert-OH is 2. The van der Waals surface area contributed by atoms with Gasteiger partial charge < -0.3 is 15.3 Å². The van der Waals surface area contributed by atoms with Crippen molar-refractivity contribution in [3.8, 4) is 0 Å². The number of nitrogens with one attached hydrogen (secondary N) is 1. The molecule has 0 spiro atoms. The second-order valence-corrected chi connectivity index (χ2v) is 6.61. The highest BCUT2D eigenvalue weighted by molar-refractivity contribution is 5.66. The highest BCUT2D eigenvalue weighted by Crippen LogP contribution is 2.12. The van der Waals surface area contributed by atoms with Crippen molar-refractivity contribution in [1.82, 2.24) is 5.64 Å². The van der Waals surface area contributed by atoms with Crippen LogP contribution >= 0.6 is 0 Å². The second-order valence-electron chi connectivity index (χ2n) is 6.61. The minimum atomic E-state index is -0.655. The van der Waals surface area contributed by atoms with Gasteiger partial charge in [-0.05, 0) is 6.42 Å². The molecule has 0 aromatic carbocycles. The summed E-state index contributed by atoms with van der Waals surface area (Å²) in [5.41, 5.74) is 2.07. The molecule has 0 aliphatic carbocycles. The fraction of sp³-hybridized carbons (Fsp3) is 0.950. The molecule has 0 atom stereocenters. The molecule has 0 rings (SSSR count). The van der Waals surface area contributed by atoms with Gasteiger partial charge in [-0.25, -0.2) is 0 Å². The summed E-state index contributed by atoms with van der Waals surface area (Å²) in [5.74, 6) is -0.655. The Morgan fingerprint density at radius 3 is 1.41 bits per heavy atom. The molecule has 0 aromatic heterocycles. The molecule has 7 nitrogen and oxygen atoms in total. The maximum Gasteiger partial charge on any atom is 0.303 e. The summed E-state index contributed by atoms with van der Waals surface area (Å²) >= 11 is 0. The molecule has 0 saturated carbocycles. The van der Waals surface area contributed by atoms with E-state index >= 15 is 0 Å². The van der Waals surface area contributed by atoms with E-state index in [9.17, 15) is 4.79 Å². The summed E-state index contributed by atoms with van der Waals surface area (Å²) in [5, 5.41) is 24.8. The normalized spacial score (nSPS) is 10.5. The van der Waals surface area contributed by atoms with Gasteiger partial charge in [0.2, 0.25) is 0 Å². The zero-order valence-electron chi connectivity index (χ0n) is 17.3. The zero-order valence-corrected chi connectivity index (χ0v) is 17.3. The summed E-state index contributed by atoms with van der Waals surface area (Å²) in [7, 11) is 0. The number of rotatable bonds is 20. The topological polar surface area (TPSA) is 108 Å². The lowest BCUT2D eigenvalue weighted by Crippen LogP contribution is -2.19. The standard InChI is InChI=1S/C16H32O2.C4H11NO4/c1-2-3-4-5-6-7-8-9-10-11-12-13-14-15-16(17)18;6-1-3-8-5-9-4-2-7/h2-15H2,1H3,(H,17,18);5-7H,1-4H2. The summed E-state index contributed by atoms with van der Waals surface area (Å²) in [4.78, 5) is 19.2. The van der Waals surface area contributed by atoms with E-state index in [1.807, 2.05) is 0 Å². The van der Waals surface area contributed by atoms with Gasteiger partial charge in [-0.2, -0.15) is 0 Å². The van der Waals surface area contributed by atoms with Crippen LogP contribution in [0.1, 0.15) is 96.8 Å². The van der Waals surface area contributed by atoms with Crippen LogP contribution in [0, 0.1) is 0 Å². The monoisotopic (exact) mass is 393 g/mol. The van der Waals surface area contributed by atoms with E-state index in [0.29, 0.717) is 6.42 Å². The molecule has 0 radical (unpaired) electrons. The average molecular weight is 394 g/mol. The number of unbranched alkanes of at least 4 members (excludes halogenated alkanes) is 12. The molecule has 0 aliphatic rings. The third-order valence-electron chi connectivity index (χ3n) is 4.00. The molecular formula is C20H43NO6. The third kappa shape index (κ3) is 33.3. The van der Waals surface area contributed by atoms with Crippen molar-refractivity contribution in [2.45, 2.75) is 96.8 Å². The van der Waals surface area contributed by atoms with Crippen molar-refractivity contribution in [3.05, 3.63) is 0 Å². The first-order valence-corrected chi connectivity index (χ1v) is 10.6. The van der Waals surface area contributed by atoms with Gasteiger partial charge in [0.1, 0.15) is 0 Å². The Hall–Kier alpha value is -0.730. The van der Waals surface area contributed by atoms with Crippen LogP contribution in [0.15, 0.2) is 0 Å². The predicted molar refractivity (Wildman–Crippen MR) is 107 cm³/mol. The number of carboxylic acids is 1. The molecule has 0 saturated heterocycles. The average Bonchev–Trinajstić information content (AvgIpc) is 2.66. The summed E-state index contributed by atoms with van der Waals surface area (Å²) in [6, 6.07) is 0. The van der Waals surface area contributed by atoms with E-state index in [4.69, 9.17) is 15.3 Å². The van der Waals surface area contributed by atoms with Crippen molar-refractivity contribution < 1.29 is 29.8 Å². The number of aliphatic hydroxyl groups is 2. The van der Waals surface area contributed by atoms with Crippen LogP contribution in [-0.4, -0.2) is 47.7 Å². The van der Waals surface area contributed by atoms with E-state index < -0.39 is 5.97 Å². The molecule has 7 heteroatoms. The van der Waals surface area contributed by atoms with Crippen molar-refractivity contribution in [3.63, 3.8) is 0 Å². The Kier molecular flexibility index (Phi) is 29.0. The third-order valence-corrected chi connectivity index (χ3v) is 4.00. The number of carboxylic acid groups (broad SMARTS) is 1. The molecule has 0 aliphatic heterocycles. The lowest BCUT2D eigenvalue weighted by molar-refractivity contribution is -0.178. The fourth-order valence-electron chi connectivity index (χ4n) is 2.51. The Balaban J connectivity index is 0. The van der Waals surface area contributed by atoms with E-state index in [-0.39, 0.29) is 26.4 Å². The number of hydrogen-bond donors (Lipinski definition) is 4. The van der Waals surface area contributed by atoms with Crippen LogP contribution in [0.4, 0.5) is 0 Å². The highest BCUT2D eigenvalue weighted by atomic mass is 16.9. The number of aliphatic carboxylic acids is 1. The molecule has 0 amide bonds. The van der Waals surface area contributed by atoms with E-state index in [1.165, 1.54) is 70.6 Å². The maximum absolute atomic E-state index is 10.3. The van der Waals surface area contributed by atoms with Crippen molar-refractivity contribution >= 4 is 5.97 Å². The van der Waals surface area contributed by atoms with Crippen molar-refractivity contribution in [1.29, 1.82) is 0 Å². The highest BCUT2D eigenvalue weighted by Gasteiger charge is 1.96. The first-order chi connectivity index (χ1) is 13.2. The minimum Gasteiger partial charge on any atom is -0.481 e. The lowest BCUT2D eigenvalue weighted by atomic mass is 10.0. The summed E-state index contributed by atoms with van der Waals surface area (Å²) < 4.78 is 0. The Bertz CT molecular complexity index is 273. The lowest BCUT2D eigenvalue weighted by Gasteiger charge is -2.02. The largest absolute Gasteiger partial charge is 0.481 e. The van der Waals surface area contributed by atoms with Gasteiger partial charge in [-0.15, -0.1) is 0 Å². The van der Waals surface area contributed by atoms with Crippen molar-refractivity contribution in [2.24, 2.45) is 0 Å². The Labute approximate surface area is 165 Å². The quantitative estimate of drug-likeness (QED) is 0.183. The second kappa shape index (κ2) is 27.5. The molecule has 0 fully saturated rings. The maximum atomic E-state index is 10.3. The van der Waals surface area contributed by atoms with Crippen LogP contribution in [0.2, 0.25) is 0 Å². The van der Waals surface area contributed by atoms with E-state index in [1.54, 1.807) is 0 Å². The van der Waals surface area contributed by atoms with Crippen LogP contribution < -0.4 is 5.64 Å². The minimum absolute atomic E-state index is 0.0600. The number of carbonyl (C=O) groups is 1. The van der Waals surface area contributed by atoms with Crippen molar-refractivity contribution in [2.75, 3.05) is 26.4 Å². The molecule has 0 aromatic rings. The first kappa shape index (κ1) is 28.5. The van der Waals surface area contributed by atoms with Gasteiger partial charge in [-0.1, -0.05) is 89.6 Å². The van der Waals surface area contributed by atoms with E-state index in [0.717, 1.165) is 12.8 Å². The van der Waals surface area contributed by atoms with E-state index in [2.05, 4.69) is 22.2 Å². The van der Waals surface area contributed by atoms with Crippen LogP contribution in [0.5, 0.6) is 0 Å². The van der Waals surface area contributed by atoms with Gasteiger partial charge in [0, 0.05) is 6.42 Å². The molecule has 164 valence electrons. The number of hydrogen-bond acceptors (Lipinski definition) is 6. The molecular weight excluding hydrogens is 350 g/mol. The summed E-state index contributed by atoms with van der Waals surface area (Å²) in [6.07, 6.45) is 17.3. The molecule has 0 heterocycles. The summed E-state index contributed by atoms with van der Waals surface area (Å²) in [6.45, 7) is 2.48. The molecule has 27 heavy (non-hydrogen) atoms. The molecule has 0 unspecified atom stereocenters. The molecule has 4 N–H and O–H groups in total. The van der Waals surface area contributed by atoms with Gasteiger partial charge in [0.05, 0.1) is 26.4 Å². The van der Waals surface area contributed by atoms with Gasteiger partial charge in [-0.3, -0.25) is 14.5 Å². The predicted octanol–water partition coefficient (Wildman–Crippen LogP) is 3.98. The van der Waals surface area contributed by atoms with Crippen LogP contribution in [0.3, 0.4) is 0 Å². The SMILES string of the molecule is CCCCCCCCCCCCCCCC(=O)O.OCCONOCCO. The Morgan fingerprint density at radius 1 is 0.704 bits per heavy atom. The van der Waals surface area contributed by atoms with Gasteiger partial charge in [0.25, 0.3) is 0 Å². The first-order valence-electron chi connectivity index (χ1n) is 10.6. The fourth-order valence-corrected chi connectivity index (χ4v) is 2.51. The van der Waals surface area contributed by atoms with Gasteiger partial charge in [0.15, 0.2) is 0 Å². The molecule has 0 bridgehead atoms. The van der Waals surface area contributed by atoms with Gasteiger partial charge >= 0.3 is 5.97 Å². The van der Waals surface area contributed by atoms with Crippen LogP contribution in [0.25, 0.3) is 0 Å². The smallest absolute Gasteiger partial charge is 0.303 e. The Morgan fingerprint density at radius 2 is 1.07 bits per heavy atom. The zero-order chi connectivity index (χ0) is 20.4.